The van der Waals surface area contributed by atoms with Gasteiger partial charge in [0.2, 0.25) is 0 Å². The number of halogens is 1. The number of piperidine rings is 1. The van der Waals surface area contributed by atoms with Crippen molar-refractivity contribution in [3.8, 4) is 0 Å². The molecule has 142 valence electrons. The number of likely N-dealkylation sites (tertiary alicyclic amines) is 1. The van der Waals surface area contributed by atoms with Crippen LogP contribution in [0.25, 0.3) is 0 Å². The molecular weight excluding hydrogens is 345 g/mol. The quantitative estimate of drug-likeness (QED) is 0.881. The minimum atomic E-state index is -0.321. The van der Waals surface area contributed by atoms with Gasteiger partial charge in [-0.1, -0.05) is 25.1 Å². The minimum Gasteiger partial charge on any atom is -0.350 e. The maximum Gasteiger partial charge on any atom is 0.272 e. The fourth-order valence-corrected chi connectivity index (χ4v) is 3.28. The van der Waals surface area contributed by atoms with Gasteiger partial charge in [-0.3, -0.25) is 9.59 Å². The third-order valence-electron chi connectivity index (χ3n) is 4.76. The van der Waals surface area contributed by atoms with Gasteiger partial charge in [-0.05, 0) is 55.0 Å². The second-order valence-corrected chi connectivity index (χ2v) is 7.04. The highest BCUT2D eigenvalue weighted by atomic mass is 19.1. The Balaban J connectivity index is 1.58. The second kappa shape index (κ2) is 8.75. The number of hydrogen-bond donors (Lipinski definition) is 1. The molecule has 5 nitrogen and oxygen atoms in total. The van der Waals surface area contributed by atoms with Gasteiger partial charge >= 0.3 is 0 Å². The first-order chi connectivity index (χ1) is 13.0. The summed E-state index contributed by atoms with van der Waals surface area (Å²) in [6.07, 6.45) is 2.72. The van der Waals surface area contributed by atoms with Crippen molar-refractivity contribution in [2.75, 3.05) is 19.6 Å². The van der Waals surface area contributed by atoms with Gasteiger partial charge in [-0.25, -0.2) is 9.37 Å². The molecule has 1 atom stereocenters. The molecule has 6 heteroatoms. The second-order valence-electron chi connectivity index (χ2n) is 7.04. The minimum absolute atomic E-state index is 0.123. The number of carbonyl (C=O) groups excluding carboxylic acids is 2. The van der Waals surface area contributed by atoms with E-state index >= 15 is 0 Å². The molecule has 1 aliphatic heterocycles. The van der Waals surface area contributed by atoms with E-state index in [9.17, 15) is 14.0 Å². The average molecular weight is 369 g/mol. The molecule has 1 saturated heterocycles. The Kier molecular flexibility index (Phi) is 6.16. The summed E-state index contributed by atoms with van der Waals surface area (Å²) < 4.78 is 12.9. The van der Waals surface area contributed by atoms with Crippen LogP contribution < -0.4 is 5.32 Å². The Morgan fingerprint density at radius 2 is 1.93 bits per heavy atom. The van der Waals surface area contributed by atoms with Gasteiger partial charge in [0.05, 0.1) is 0 Å². The lowest BCUT2D eigenvalue weighted by Gasteiger charge is -2.30. The summed E-state index contributed by atoms with van der Waals surface area (Å²) in [4.78, 5) is 31.1. The number of aromatic nitrogens is 1. The summed E-state index contributed by atoms with van der Waals surface area (Å²) in [6, 6.07) is 11.1. The summed E-state index contributed by atoms with van der Waals surface area (Å²) in [5.74, 6) is -0.238. The van der Waals surface area contributed by atoms with Gasteiger partial charge in [0.15, 0.2) is 0 Å². The fourth-order valence-electron chi connectivity index (χ4n) is 3.28. The Morgan fingerprint density at radius 1 is 1.19 bits per heavy atom. The van der Waals surface area contributed by atoms with Crippen LogP contribution in [0.1, 0.15) is 46.3 Å². The molecule has 2 heterocycles. The number of carbonyl (C=O) groups is 2. The molecular formula is C21H24FN3O2. The maximum atomic E-state index is 12.9. The molecule has 0 aliphatic carbocycles. The van der Waals surface area contributed by atoms with Crippen molar-refractivity contribution >= 4 is 11.8 Å². The topological polar surface area (TPSA) is 62.3 Å². The zero-order valence-electron chi connectivity index (χ0n) is 15.5. The summed E-state index contributed by atoms with van der Waals surface area (Å²) in [5, 5.41) is 2.79. The smallest absolute Gasteiger partial charge is 0.272 e. The largest absolute Gasteiger partial charge is 0.350 e. The van der Waals surface area contributed by atoms with Crippen LogP contribution >= 0.6 is 0 Å². The first-order valence-corrected chi connectivity index (χ1v) is 9.32. The van der Waals surface area contributed by atoms with Crippen molar-refractivity contribution in [2.45, 2.75) is 26.2 Å². The van der Waals surface area contributed by atoms with Crippen LogP contribution in [0.3, 0.4) is 0 Å². The highest BCUT2D eigenvalue weighted by Crippen LogP contribution is 2.17. The predicted molar refractivity (Wildman–Crippen MR) is 101 cm³/mol. The van der Waals surface area contributed by atoms with E-state index in [2.05, 4.69) is 17.2 Å². The Morgan fingerprint density at radius 3 is 2.67 bits per heavy atom. The zero-order valence-corrected chi connectivity index (χ0v) is 15.5. The zero-order chi connectivity index (χ0) is 19.2. The van der Waals surface area contributed by atoms with Crippen LogP contribution in [0.2, 0.25) is 0 Å². The highest BCUT2D eigenvalue weighted by molar-refractivity contribution is 5.96. The van der Waals surface area contributed by atoms with Gasteiger partial charge < -0.3 is 10.2 Å². The SMILES string of the molecule is CC1CCCN(C(=O)c2cccc(C(=O)NCCc3ccc(F)cc3)n2)C1. The first kappa shape index (κ1) is 19.0. The first-order valence-electron chi connectivity index (χ1n) is 9.32. The Bertz CT molecular complexity index is 807. The van der Waals surface area contributed by atoms with Crippen LogP contribution in [0.15, 0.2) is 42.5 Å². The number of nitrogens with one attached hydrogen (secondary N) is 1. The highest BCUT2D eigenvalue weighted by Gasteiger charge is 2.23. The van der Waals surface area contributed by atoms with Gasteiger partial charge in [0.1, 0.15) is 17.2 Å². The summed E-state index contributed by atoms with van der Waals surface area (Å²) in [6.45, 7) is 4.01. The number of nitrogens with zero attached hydrogens (tertiary/aromatic N) is 2. The lowest BCUT2D eigenvalue weighted by molar-refractivity contribution is 0.0677. The molecule has 3 rings (SSSR count). The summed E-state index contributed by atoms with van der Waals surface area (Å²) in [7, 11) is 0. The molecule has 1 unspecified atom stereocenters. The maximum absolute atomic E-state index is 12.9. The molecule has 0 saturated carbocycles. The van der Waals surface area contributed by atoms with Crippen LogP contribution in [-0.4, -0.2) is 41.3 Å². The normalized spacial score (nSPS) is 16.8. The Labute approximate surface area is 158 Å². The third kappa shape index (κ3) is 5.12. The molecule has 0 bridgehead atoms. The van der Waals surface area contributed by atoms with Gasteiger partial charge in [0.25, 0.3) is 11.8 Å². The monoisotopic (exact) mass is 369 g/mol. The van der Waals surface area contributed by atoms with Crippen molar-refractivity contribution in [2.24, 2.45) is 5.92 Å². The number of hydrogen-bond acceptors (Lipinski definition) is 3. The van der Waals surface area contributed by atoms with E-state index in [1.807, 2.05) is 4.90 Å². The van der Waals surface area contributed by atoms with Crippen molar-refractivity contribution in [3.05, 3.63) is 65.2 Å². The van der Waals surface area contributed by atoms with Crippen molar-refractivity contribution < 1.29 is 14.0 Å². The number of benzene rings is 1. The summed E-state index contributed by atoms with van der Waals surface area (Å²) >= 11 is 0. The standard InChI is InChI=1S/C21H24FN3O2/c1-15-4-3-13-25(14-15)21(27)19-6-2-5-18(24-19)20(26)23-12-11-16-7-9-17(22)10-8-16/h2,5-10,15H,3-4,11-14H2,1H3,(H,23,26). The van der Waals surface area contributed by atoms with Crippen molar-refractivity contribution in [1.29, 1.82) is 0 Å². The predicted octanol–water partition coefficient (Wildman–Crippen LogP) is 3.07. The molecule has 1 fully saturated rings. The number of rotatable bonds is 5. The van der Waals surface area contributed by atoms with Crippen LogP contribution in [0.5, 0.6) is 0 Å². The number of pyridine rings is 1. The number of amides is 2. The summed E-state index contributed by atoms with van der Waals surface area (Å²) in [5.41, 5.74) is 1.47. The lowest BCUT2D eigenvalue weighted by Crippen LogP contribution is -2.39. The molecule has 1 aliphatic rings. The van der Waals surface area contributed by atoms with E-state index in [0.717, 1.165) is 31.5 Å². The molecule has 1 N–H and O–H groups in total. The van der Waals surface area contributed by atoms with Gasteiger partial charge in [-0.15, -0.1) is 0 Å². The molecule has 2 amide bonds. The van der Waals surface area contributed by atoms with Gasteiger partial charge in [0, 0.05) is 19.6 Å². The van der Waals surface area contributed by atoms with E-state index < -0.39 is 0 Å². The molecule has 2 aromatic rings. The van der Waals surface area contributed by atoms with Crippen LogP contribution in [0.4, 0.5) is 4.39 Å². The van der Waals surface area contributed by atoms with E-state index in [1.165, 1.54) is 12.1 Å². The van der Waals surface area contributed by atoms with E-state index in [-0.39, 0.29) is 23.3 Å². The molecule has 0 spiro atoms. The molecule has 0 radical (unpaired) electrons. The molecule has 27 heavy (non-hydrogen) atoms. The molecule has 1 aromatic carbocycles. The van der Waals surface area contributed by atoms with Crippen LogP contribution in [-0.2, 0) is 6.42 Å². The van der Waals surface area contributed by atoms with E-state index in [4.69, 9.17) is 0 Å². The van der Waals surface area contributed by atoms with Crippen molar-refractivity contribution in [3.63, 3.8) is 0 Å². The third-order valence-corrected chi connectivity index (χ3v) is 4.76. The average Bonchev–Trinajstić information content (AvgIpc) is 2.69. The lowest BCUT2D eigenvalue weighted by atomic mass is 10.00. The van der Waals surface area contributed by atoms with E-state index in [0.29, 0.717) is 24.6 Å². The van der Waals surface area contributed by atoms with Crippen LogP contribution in [0, 0.1) is 11.7 Å². The molecule has 1 aromatic heterocycles. The fraction of sp³-hybridized carbons (Fsp3) is 0.381. The Hall–Kier alpha value is -2.76. The van der Waals surface area contributed by atoms with Crippen molar-refractivity contribution in [1.82, 2.24) is 15.2 Å². The van der Waals surface area contributed by atoms with Gasteiger partial charge in [-0.2, -0.15) is 0 Å². The van der Waals surface area contributed by atoms with E-state index in [1.54, 1.807) is 30.3 Å².